The zero-order chi connectivity index (χ0) is 22.3. The van der Waals surface area contributed by atoms with Crippen LogP contribution in [0.1, 0.15) is 43.2 Å². The lowest BCUT2D eigenvalue weighted by atomic mass is 10.1. The van der Waals surface area contributed by atoms with Gasteiger partial charge >= 0.3 is 0 Å². The molecular formula is C23H26ClN3O2S2. The molecule has 8 heteroatoms. The molecule has 5 nitrogen and oxygen atoms in total. The Bertz CT molecular complexity index is 1220. The van der Waals surface area contributed by atoms with Crippen LogP contribution in [0.25, 0.3) is 15.9 Å². The number of nitrogens with zero attached hydrogens (tertiary/aromatic N) is 3. The number of rotatable bonds is 5. The van der Waals surface area contributed by atoms with Crippen molar-refractivity contribution in [1.29, 1.82) is 0 Å². The number of carbonyl (C=O) groups is 1. The highest BCUT2D eigenvalue weighted by molar-refractivity contribution is 7.99. The summed E-state index contributed by atoms with van der Waals surface area (Å²) in [6.45, 7) is 9.11. The summed E-state index contributed by atoms with van der Waals surface area (Å²) in [5.74, 6) is 1.53. The summed E-state index contributed by atoms with van der Waals surface area (Å²) < 4.78 is 1.71. The Balaban J connectivity index is 1.88. The van der Waals surface area contributed by atoms with E-state index in [2.05, 4.69) is 13.8 Å². The van der Waals surface area contributed by atoms with Gasteiger partial charge in [0.1, 0.15) is 4.83 Å². The van der Waals surface area contributed by atoms with Gasteiger partial charge in [-0.1, -0.05) is 43.3 Å². The minimum atomic E-state index is -0.0502. The number of aryl methyl sites for hydroxylation is 1. The Kier molecular flexibility index (Phi) is 6.47. The van der Waals surface area contributed by atoms with Crippen LogP contribution in [0.4, 0.5) is 0 Å². The van der Waals surface area contributed by atoms with Crippen LogP contribution in [0.5, 0.6) is 0 Å². The Labute approximate surface area is 195 Å². The molecule has 0 atom stereocenters. The molecule has 3 heterocycles. The van der Waals surface area contributed by atoms with E-state index in [0.29, 0.717) is 41.0 Å². The zero-order valence-electron chi connectivity index (χ0n) is 18.2. The van der Waals surface area contributed by atoms with Crippen molar-refractivity contribution < 1.29 is 4.79 Å². The fourth-order valence-electron chi connectivity index (χ4n) is 3.72. The maximum atomic E-state index is 13.8. The van der Waals surface area contributed by atoms with Crippen molar-refractivity contribution in [3.8, 4) is 5.69 Å². The first-order valence-electron chi connectivity index (χ1n) is 10.5. The molecule has 0 aliphatic carbocycles. The molecule has 1 aromatic carbocycles. The van der Waals surface area contributed by atoms with Gasteiger partial charge in [0.25, 0.3) is 5.56 Å². The molecule has 0 spiro atoms. The minimum Gasteiger partial charge on any atom is -0.337 e. The van der Waals surface area contributed by atoms with Gasteiger partial charge in [0, 0.05) is 29.1 Å². The van der Waals surface area contributed by atoms with E-state index >= 15 is 0 Å². The summed E-state index contributed by atoms with van der Waals surface area (Å²) in [7, 11) is 0. The molecule has 0 unspecified atom stereocenters. The lowest BCUT2D eigenvalue weighted by Crippen LogP contribution is -2.34. The van der Waals surface area contributed by atoms with E-state index in [1.54, 1.807) is 34.6 Å². The second-order valence-electron chi connectivity index (χ2n) is 8.37. The number of fused-ring (bicyclic) bond motifs is 3. The second-order valence-corrected chi connectivity index (χ2v) is 10.9. The SMILES string of the molecule is CC(=O)N1CCc2c(sc3nc(SCCC(C)C)n(-c4ccc(C)c(Cl)c4)c(=O)c23)C1. The molecule has 0 N–H and O–H groups in total. The molecule has 3 aromatic rings. The molecule has 1 aliphatic heterocycles. The average Bonchev–Trinajstić information content (AvgIpc) is 3.08. The molecule has 0 saturated carbocycles. The van der Waals surface area contributed by atoms with Crippen molar-refractivity contribution in [2.75, 3.05) is 12.3 Å². The monoisotopic (exact) mass is 475 g/mol. The number of amides is 1. The van der Waals surface area contributed by atoms with Crippen LogP contribution in [-0.4, -0.2) is 32.7 Å². The third kappa shape index (κ3) is 4.41. The first-order chi connectivity index (χ1) is 14.8. The highest BCUT2D eigenvalue weighted by Gasteiger charge is 2.26. The fraction of sp³-hybridized carbons (Fsp3) is 0.435. The molecule has 4 rings (SSSR count). The summed E-state index contributed by atoms with van der Waals surface area (Å²) in [4.78, 5) is 34.2. The lowest BCUT2D eigenvalue weighted by Gasteiger charge is -2.25. The van der Waals surface area contributed by atoms with Gasteiger partial charge < -0.3 is 4.90 Å². The van der Waals surface area contributed by atoms with Crippen molar-refractivity contribution in [2.45, 2.75) is 52.2 Å². The van der Waals surface area contributed by atoms with E-state index in [4.69, 9.17) is 16.6 Å². The van der Waals surface area contributed by atoms with Crippen LogP contribution in [-0.2, 0) is 17.8 Å². The molecular weight excluding hydrogens is 450 g/mol. The number of aromatic nitrogens is 2. The van der Waals surface area contributed by atoms with Crippen LogP contribution in [0.2, 0.25) is 5.02 Å². The van der Waals surface area contributed by atoms with Gasteiger partial charge in [-0.3, -0.25) is 14.2 Å². The molecule has 1 aliphatic rings. The Morgan fingerprint density at radius 1 is 1.35 bits per heavy atom. The topological polar surface area (TPSA) is 55.2 Å². The molecule has 2 aromatic heterocycles. The quantitative estimate of drug-likeness (QED) is 0.363. The zero-order valence-corrected chi connectivity index (χ0v) is 20.6. The molecule has 0 bridgehead atoms. The third-order valence-corrected chi connectivity index (χ3v) is 8.12. The minimum absolute atomic E-state index is 0.0502. The summed E-state index contributed by atoms with van der Waals surface area (Å²) in [5.41, 5.74) is 2.70. The van der Waals surface area contributed by atoms with Crippen molar-refractivity contribution in [3.05, 3.63) is 49.6 Å². The summed E-state index contributed by atoms with van der Waals surface area (Å²) in [6.07, 6.45) is 1.72. The van der Waals surface area contributed by atoms with Gasteiger partial charge in [-0.15, -0.1) is 11.3 Å². The van der Waals surface area contributed by atoms with Crippen molar-refractivity contribution in [1.82, 2.24) is 14.5 Å². The molecule has 0 saturated heterocycles. The summed E-state index contributed by atoms with van der Waals surface area (Å²) in [5, 5.41) is 2.01. The van der Waals surface area contributed by atoms with E-state index in [0.717, 1.165) is 38.7 Å². The number of thioether (sulfide) groups is 1. The number of thiophene rings is 1. The van der Waals surface area contributed by atoms with Crippen LogP contribution in [0, 0.1) is 12.8 Å². The molecule has 0 fully saturated rings. The molecule has 31 heavy (non-hydrogen) atoms. The van der Waals surface area contributed by atoms with E-state index in [9.17, 15) is 9.59 Å². The maximum Gasteiger partial charge on any atom is 0.267 e. The van der Waals surface area contributed by atoms with Gasteiger partial charge in [-0.05, 0) is 48.9 Å². The van der Waals surface area contributed by atoms with Crippen LogP contribution >= 0.6 is 34.7 Å². The first kappa shape index (κ1) is 22.4. The average molecular weight is 476 g/mol. The molecule has 1 amide bonds. The summed E-state index contributed by atoms with van der Waals surface area (Å²) in [6, 6.07) is 5.71. The number of benzene rings is 1. The molecule has 164 valence electrons. The smallest absolute Gasteiger partial charge is 0.267 e. The third-order valence-electron chi connectivity index (χ3n) is 5.63. The van der Waals surface area contributed by atoms with Crippen LogP contribution in [0.15, 0.2) is 28.2 Å². The maximum absolute atomic E-state index is 13.8. The predicted octanol–water partition coefficient (Wildman–Crippen LogP) is 5.45. The normalized spacial score (nSPS) is 13.8. The standard InChI is InChI=1S/C23H26ClN3O2S2/c1-13(2)8-10-30-23-25-21-20(17-7-9-26(15(4)28)12-19(17)31-21)22(29)27(23)16-6-5-14(3)18(24)11-16/h5-6,11,13H,7-10,12H2,1-4H3. The van der Waals surface area contributed by atoms with E-state index < -0.39 is 0 Å². The highest BCUT2D eigenvalue weighted by Crippen LogP contribution is 2.35. The van der Waals surface area contributed by atoms with E-state index in [1.165, 1.54) is 0 Å². The van der Waals surface area contributed by atoms with Crippen LogP contribution < -0.4 is 5.56 Å². The summed E-state index contributed by atoms with van der Waals surface area (Å²) >= 11 is 9.55. The lowest BCUT2D eigenvalue weighted by molar-refractivity contribution is -0.129. The van der Waals surface area contributed by atoms with Gasteiger partial charge in [0.15, 0.2) is 5.16 Å². The number of hydrogen-bond acceptors (Lipinski definition) is 5. The Morgan fingerprint density at radius 2 is 2.13 bits per heavy atom. The van der Waals surface area contributed by atoms with Crippen molar-refractivity contribution in [3.63, 3.8) is 0 Å². The van der Waals surface area contributed by atoms with Crippen molar-refractivity contribution in [2.24, 2.45) is 5.92 Å². The highest BCUT2D eigenvalue weighted by atomic mass is 35.5. The van der Waals surface area contributed by atoms with Gasteiger partial charge in [-0.2, -0.15) is 0 Å². The fourth-order valence-corrected chi connectivity index (χ4v) is 6.43. The van der Waals surface area contributed by atoms with Gasteiger partial charge in [0.05, 0.1) is 17.6 Å². The van der Waals surface area contributed by atoms with Gasteiger partial charge in [-0.25, -0.2) is 4.98 Å². The van der Waals surface area contributed by atoms with E-state index in [1.807, 2.05) is 30.0 Å². The van der Waals surface area contributed by atoms with Gasteiger partial charge in [0.2, 0.25) is 5.91 Å². The largest absolute Gasteiger partial charge is 0.337 e. The molecule has 0 radical (unpaired) electrons. The first-order valence-corrected chi connectivity index (χ1v) is 12.7. The number of carbonyl (C=O) groups excluding carboxylic acids is 1. The van der Waals surface area contributed by atoms with Crippen molar-refractivity contribution >= 4 is 50.8 Å². The Hall–Kier alpha value is -1.83. The number of halogens is 1. The van der Waals surface area contributed by atoms with E-state index in [-0.39, 0.29) is 11.5 Å². The Morgan fingerprint density at radius 3 is 2.81 bits per heavy atom. The number of hydrogen-bond donors (Lipinski definition) is 0. The second kappa shape index (κ2) is 8.96. The van der Waals surface area contributed by atoms with Crippen LogP contribution in [0.3, 0.4) is 0 Å². The predicted molar refractivity (Wildman–Crippen MR) is 130 cm³/mol.